The Morgan fingerprint density at radius 1 is 1.03 bits per heavy atom. The van der Waals surface area contributed by atoms with Crippen molar-refractivity contribution < 1.29 is 4.79 Å². The zero-order valence-electron chi connectivity index (χ0n) is 19.4. The molecule has 3 heterocycles. The van der Waals surface area contributed by atoms with Gasteiger partial charge in [0.05, 0.1) is 5.69 Å². The number of nitrogens with zero attached hydrogens (tertiary/aromatic N) is 5. The van der Waals surface area contributed by atoms with Gasteiger partial charge >= 0.3 is 5.69 Å². The van der Waals surface area contributed by atoms with Gasteiger partial charge in [0.1, 0.15) is 12.1 Å². The SMILES string of the molecule is CCc1cccc(NC(=O)Cn2nc3c4cc(-c5ccc(C(C)C)cc5)nn4ccn3c2=O)c1. The van der Waals surface area contributed by atoms with E-state index in [9.17, 15) is 9.59 Å². The summed E-state index contributed by atoms with van der Waals surface area (Å²) in [6.07, 6.45) is 4.22. The van der Waals surface area contributed by atoms with Crippen molar-refractivity contribution in [2.24, 2.45) is 0 Å². The van der Waals surface area contributed by atoms with Crippen LogP contribution < -0.4 is 11.0 Å². The normalized spacial score (nSPS) is 11.5. The van der Waals surface area contributed by atoms with Gasteiger partial charge in [0.15, 0.2) is 5.65 Å². The number of carbonyl (C=O) groups excluding carboxylic acids is 1. The van der Waals surface area contributed by atoms with Crippen molar-refractivity contribution in [3.05, 3.63) is 88.6 Å². The van der Waals surface area contributed by atoms with Gasteiger partial charge in [-0.3, -0.25) is 4.79 Å². The monoisotopic (exact) mass is 454 g/mol. The lowest BCUT2D eigenvalue weighted by molar-refractivity contribution is -0.117. The van der Waals surface area contributed by atoms with Gasteiger partial charge in [0.2, 0.25) is 5.91 Å². The fraction of sp³-hybridized carbons (Fsp3) is 0.231. The third kappa shape index (κ3) is 3.98. The molecule has 5 rings (SSSR count). The van der Waals surface area contributed by atoms with E-state index in [1.807, 2.05) is 30.3 Å². The van der Waals surface area contributed by atoms with Crippen molar-refractivity contribution in [1.82, 2.24) is 23.8 Å². The molecule has 34 heavy (non-hydrogen) atoms. The van der Waals surface area contributed by atoms with Crippen LogP contribution in [0, 0.1) is 0 Å². The molecule has 0 saturated heterocycles. The Morgan fingerprint density at radius 3 is 2.56 bits per heavy atom. The number of aryl methyl sites for hydroxylation is 1. The van der Waals surface area contributed by atoms with Crippen LogP contribution in [0.3, 0.4) is 0 Å². The molecule has 172 valence electrons. The topological polar surface area (TPSA) is 85.7 Å². The minimum atomic E-state index is -0.376. The molecule has 0 spiro atoms. The Balaban J connectivity index is 1.45. The lowest BCUT2D eigenvalue weighted by Crippen LogP contribution is -2.28. The van der Waals surface area contributed by atoms with Crippen molar-refractivity contribution in [3.8, 4) is 11.3 Å². The van der Waals surface area contributed by atoms with E-state index in [0.717, 1.165) is 23.2 Å². The molecule has 5 aromatic rings. The third-order valence-corrected chi connectivity index (χ3v) is 5.98. The lowest BCUT2D eigenvalue weighted by Gasteiger charge is -2.06. The molecule has 2 aromatic carbocycles. The number of anilines is 1. The summed E-state index contributed by atoms with van der Waals surface area (Å²) >= 11 is 0. The molecule has 0 aliphatic rings. The summed E-state index contributed by atoms with van der Waals surface area (Å²) in [6.45, 7) is 6.20. The van der Waals surface area contributed by atoms with Crippen LogP contribution in [0.5, 0.6) is 0 Å². The van der Waals surface area contributed by atoms with E-state index in [1.165, 1.54) is 14.6 Å². The highest BCUT2D eigenvalue weighted by Gasteiger charge is 2.15. The van der Waals surface area contributed by atoms with Crippen molar-refractivity contribution >= 4 is 22.8 Å². The standard InChI is InChI=1S/C26H26N6O2/c1-4-18-6-5-7-21(14-18)27-24(33)16-32-26(34)30-12-13-31-23(25(30)29-32)15-22(28-31)20-10-8-19(9-11-20)17(2)3/h5-15,17H,4,16H2,1-3H3,(H,27,33). The fourth-order valence-electron chi connectivity index (χ4n) is 4.02. The van der Waals surface area contributed by atoms with Gasteiger partial charge in [0, 0.05) is 23.6 Å². The van der Waals surface area contributed by atoms with Gasteiger partial charge < -0.3 is 5.32 Å². The number of hydrogen-bond donors (Lipinski definition) is 1. The molecule has 0 aliphatic carbocycles. The number of benzene rings is 2. The highest BCUT2D eigenvalue weighted by atomic mass is 16.2. The van der Waals surface area contributed by atoms with Crippen LogP contribution >= 0.6 is 0 Å². The number of fused-ring (bicyclic) bond motifs is 3. The number of carbonyl (C=O) groups is 1. The van der Waals surface area contributed by atoms with Gasteiger partial charge in [-0.05, 0) is 41.7 Å². The summed E-state index contributed by atoms with van der Waals surface area (Å²) in [4.78, 5) is 25.5. The van der Waals surface area contributed by atoms with Gasteiger partial charge in [-0.15, -0.1) is 5.10 Å². The molecule has 0 saturated carbocycles. The molecule has 0 radical (unpaired) electrons. The Kier molecular flexibility index (Phi) is 5.49. The van der Waals surface area contributed by atoms with Crippen molar-refractivity contribution in [1.29, 1.82) is 0 Å². The number of amides is 1. The predicted molar refractivity (Wildman–Crippen MR) is 132 cm³/mol. The summed E-state index contributed by atoms with van der Waals surface area (Å²) in [5.74, 6) is 0.146. The summed E-state index contributed by atoms with van der Waals surface area (Å²) in [6, 6.07) is 17.9. The molecule has 8 nitrogen and oxygen atoms in total. The summed E-state index contributed by atoms with van der Waals surface area (Å²) in [7, 11) is 0. The maximum atomic E-state index is 12.9. The maximum Gasteiger partial charge on any atom is 0.350 e. The van der Waals surface area contributed by atoms with E-state index in [0.29, 0.717) is 22.8 Å². The van der Waals surface area contributed by atoms with Crippen LogP contribution in [0.2, 0.25) is 0 Å². The zero-order chi connectivity index (χ0) is 23.8. The van der Waals surface area contributed by atoms with Crippen LogP contribution in [0.4, 0.5) is 5.69 Å². The van der Waals surface area contributed by atoms with Crippen LogP contribution in [0.1, 0.15) is 37.8 Å². The second-order valence-corrected chi connectivity index (χ2v) is 8.67. The fourth-order valence-corrected chi connectivity index (χ4v) is 4.02. The molecule has 0 fully saturated rings. The Labute approximate surface area is 196 Å². The number of hydrogen-bond acceptors (Lipinski definition) is 4. The first-order chi connectivity index (χ1) is 16.4. The third-order valence-electron chi connectivity index (χ3n) is 5.98. The van der Waals surface area contributed by atoms with E-state index in [2.05, 4.69) is 60.6 Å². The van der Waals surface area contributed by atoms with Crippen LogP contribution in [-0.4, -0.2) is 29.7 Å². The first-order valence-corrected chi connectivity index (χ1v) is 11.4. The molecule has 1 N–H and O–H groups in total. The van der Waals surface area contributed by atoms with Crippen molar-refractivity contribution in [3.63, 3.8) is 0 Å². The van der Waals surface area contributed by atoms with E-state index in [4.69, 9.17) is 0 Å². The number of aromatic nitrogens is 5. The second-order valence-electron chi connectivity index (χ2n) is 8.67. The van der Waals surface area contributed by atoms with Gasteiger partial charge in [-0.2, -0.15) is 5.10 Å². The zero-order valence-corrected chi connectivity index (χ0v) is 19.4. The van der Waals surface area contributed by atoms with Crippen LogP contribution in [-0.2, 0) is 17.8 Å². The van der Waals surface area contributed by atoms with Crippen LogP contribution in [0.15, 0.2) is 71.8 Å². The molecule has 0 bridgehead atoms. The average Bonchev–Trinajstić information content (AvgIpc) is 3.41. The Bertz CT molecular complexity index is 1560. The average molecular weight is 455 g/mol. The van der Waals surface area contributed by atoms with Crippen LogP contribution in [0.25, 0.3) is 22.4 Å². The highest BCUT2D eigenvalue weighted by Crippen LogP contribution is 2.24. The summed E-state index contributed by atoms with van der Waals surface area (Å²) in [5, 5.41) is 11.9. The highest BCUT2D eigenvalue weighted by molar-refractivity contribution is 5.90. The first-order valence-electron chi connectivity index (χ1n) is 11.4. The first kappa shape index (κ1) is 21.6. The van der Waals surface area contributed by atoms with Gasteiger partial charge in [0.25, 0.3) is 0 Å². The van der Waals surface area contributed by atoms with E-state index >= 15 is 0 Å². The van der Waals surface area contributed by atoms with E-state index in [-0.39, 0.29) is 18.1 Å². The molecule has 0 unspecified atom stereocenters. The van der Waals surface area contributed by atoms with Crippen molar-refractivity contribution in [2.75, 3.05) is 5.32 Å². The molecule has 3 aromatic heterocycles. The quantitative estimate of drug-likeness (QED) is 0.418. The molecule has 8 heteroatoms. The summed E-state index contributed by atoms with van der Waals surface area (Å²) < 4.78 is 4.32. The molecule has 0 aliphatic heterocycles. The molecular weight excluding hydrogens is 428 g/mol. The minimum absolute atomic E-state index is 0.180. The number of nitrogens with one attached hydrogen (secondary N) is 1. The van der Waals surface area contributed by atoms with E-state index in [1.54, 1.807) is 16.9 Å². The molecule has 0 atom stereocenters. The van der Waals surface area contributed by atoms with Gasteiger partial charge in [-0.25, -0.2) is 18.4 Å². The maximum absolute atomic E-state index is 12.9. The Hall–Kier alpha value is -4.20. The second kappa shape index (κ2) is 8.62. The van der Waals surface area contributed by atoms with E-state index < -0.39 is 0 Å². The predicted octanol–water partition coefficient (Wildman–Crippen LogP) is 4.14. The molecular formula is C26H26N6O2. The smallest absolute Gasteiger partial charge is 0.324 e. The van der Waals surface area contributed by atoms with Gasteiger partial charge in [-0.1, -0.05) is 57.2 Å². The number of rotatable bonds is 6. The lowest BCUT2D eigenvalue weighted by atomic mass is 10.0. The van der Waals surface area contributed by atoms with Crippen molar-refractivity contribution in [2.45, 2.75) is 39.7 Å². The summed E-state index contributed by atoms with van der Waals surface area (Å²) in [5.41, 5.74) is 5.63. The Morgan fingerprint density at radius 2 is 1.82 bits per heavy atom. The largest absolute Gasteiger partial charge is 0.350 e. The molecule has 1 amide bonds. The minimum Gasteiger partial charge on any atom is -0.324 e.